The van der Waals surface area contributed by atoms with Gasteiger partial charge in [0.05, 0.1) is 24.6 Å². The zero-order chi connectivity index (χ0) is 29.2. The molecule has 3 aliphatic rings. The molecule has 2 saturated heterocycles. The number of likely N-dealkylation sites (N-methyl/N-ethyl adjacent to an activating group) is 1. The molecule has 1 aromatic carbocycles. The maximum Gasteiger partial charge on any atom is 0.151 e. The van der Waals surface area contributed by atoms with Crippen LogP contribution in [0.15, 0.2) is 24.4 Å². The topological polar surface area (TPSA) is 116 Å². The number of piperidine rings is 1. The number of hydrogen-bond acceptors (Lipinski definition) is 10. The highest BCUT2D eigenvalue weighted by molar-refractivity contribution is 5.97. The SMILES string of the molecule is CCc1nc2c(N)ncc(-c3ccc(N4CCC(N5CCN(C)CC5)CC4)c(OC)c3)c2nc1N[C@H]1CCC[C@@H](O)C1. The van der Waals surface area contributed by atoms with E-state index in [0.717, 1.165) is 97.9 Å². The van der Waals surface area contributed by atoms with Gasteiger partial charge in [0.2, 0.25) is 0 Å². The van der Waals surface area contributed by atoms with Crippen LogP contribution in [-0.2, 0) is 6.42 Å². The monoisotopic (exact) mass is 574 g/mol. The van der Waals surface area contributed by atoms with Crippen LogP contribution in [0.3, 0.4) is 0 Å². The Morgan fingerprint density at radius 3 is 2.52 bits per heavy atom. The third kappa shape index (κ3) is 5.98. The molecule has 10 nitrogen and oxygen atoms in total. The van der Waals surface area contributed by atoms with Gasteiger partial charge in [0.15, 0.2) is 5.82 Å². The van der Waals surface area contributed by atoms with Crippen molar-refractivity contribution in [3.8, 4) is 16.9 Å². The smallest absolute Gasteiger partial charge is 0.151 e. The molecule has 226 valence electrons. The van der Waals surface area contributed by atoms with Crippen LogP contribution in [0.4, 0.5) is 17.3 Å². The molecule has 0 amide bonds. The van der Waals surface area contributed by atoms with Crippen molar-refractivity contribution >= 4 is 28.4 Å². The van der Waals surface area contributed by atoms with Gasteiger partial charge in [0, 0.05) is 63.1 Å². The summed E-state index contributed by atoms with van der Waals surface area (Å²) in [7, 11) is 3.96. The van der Waals surface area contributed by atoms with Crippen molar-refractivity contribution in [1.82, 2.24) is 24.8 Å². The van der Waals surface area contributed by atoms with Gasteiger partial charge in [-0.05, 0) is 69.7 Å². The average molecular weight is 575 g/mol. The van der Waals surface area contributed by atoms with Gasteiger partial charge in [-0.25, -0.2) is 15.0 Å². The summed E-state index contributed by atoms with van der Waals surface area (Å²) in [4.78, 5) is 22.1. The number of aliphatic hydroxyl groups is 1. The van der Waals surface area contributed by atoms with Gasteiger partial charge in [-0.3, -0.25) is 4.90 Å². The van der Waals surface area contributed by atoms with Crippen LogP contribution in [-0.4, -0.2) is 101 Å². The van der Waals surface area contributed by atoms with Crippen LogP contribution >= 0.6 is 0 Å². The molecular formula is C32H46N8O2. The minimum absolute atomic E-state index is 0.174. The fourth-order valence-electron chi connectivity index (χ4n) is 6.92. The summed E-state index contributed by atoms with van der Waals surface area (Å²) in [5.74, 6) is 1.99. The molecule has 0 bridgehead atoms. The number of benzene rings is 1. The molecule has 3 aromatic rings. The molecule has 2 aromatic heterocycles. The number of fused-ring (bicyclic) bond motifs is 1. The number of aromatic nitrogens is 3. The number of aryl methyl sites for hydroxylation is 1. The maximum absolute atomic E-state index is 10.2. The first-order valence-electron chi connectivity index (χ1n) is 15.7. The van der Waals surface area contributed by atoms with E-state index in [9.17, 15) is 5.11 Å². The van der Waals surface area contributed by atoms with Gasteiger partial charge in [-0.15, -0.1) is 0 Å². The normalized spacial score (nSPS) is 22.9. The Hall–Kier alpha value is -3.21. The Bertz CT molecular complexity index is 1380. The molecule has 4 heterocycles. The second kappa shape index (κ2) is 12.6. The number of piperazine rings is 1. The third-order valence-electron chi connectivity index (χ3n) is 9.47. The molecule has 4 N–H and O–H groups in total. The number of ether oxygens (including phenoxy) is 1. The van der Waals surface area contributed by atoms with E-state index in [2.05, 4.69) is 57.2 Å². The molecule has 3 fully saturated rings. The number of aliphatic hydroxyl groups excluding tert-OH is 1. The summed E-state index contributed by atoms with van der Waals surface area (Å²) in [5, 5.41) is 13.8. The molecule has 0 radical (unpaired) electrons. The fraction of sp³-hybridized carbons (Fsp3) is 0.594. The van der Waals surface area contributed by atoms with Crippen LogP contribution in [0.5, 0.6) is 5.75 Å². The van der Waals surface area contributed by atoms with Gasteiger partial charge >= 0.3 is 0 Å². The summed E-state index contributed by atoms with van der Waals surface area (Å²) < 4.78 is 5.95. The van der Waals surface area contributed by atoms with Crippen molar-refractivity contribution in [3.63, 3.8) is 0 Å². The van der Waals surface area contributed by atoms with Crippen molar-refractivity contribution in [1.29, 1.82) is 0 Å². The number of nitrogens with two attached hydrogens (primary N) is 1. The summed E-state index contributed by atoms with van der Waals surface area (Å²) in [6, 6.07) is 7.24. The lowest BCUT2D eigenvalue weighted by molar-refractivity contribution is 0.0981. The van der Waals surface area contributed by atoms with E-state index in [1.165, 1.54) is 25.9 Å². The molecular weight excluding hydrogens is 528 g/mol. The van der Waals surface area contributed by atoms with E-state index in [1.807, 2.05) is 0 Å². The number of anilines is 3. The predicted molar refractivity (Wildman–Crippen MR) is 169 cm³/mol. The summed E-state index contributed by atoms with van der Waals surface area (Å²) in [6.45, 7) is 8.79. The summed E-state index contributed by atoms with van der Waals surface area (Å²) in [5.41, 5.74) is 11.5. The van der Waals surface area contributed by atoms with Gasteiger partial charge in [0.25, 0.3) is 0 Å². The minimum atomic E-state index is -0.270. The van der Waals surface area contributed by atoms with Crippen LogP contribution in [0, 0.1) is 0 Å². The van der Waals surface area contributed by atoms with Crippen molar-refractivity contribution in [2.45, 2.75) is 70.1 Å². The molecule has 6 rings (SSSR count). The second-order valence-corrected chi connectivity index (χ2v) is 12.2. The molecule has 42 heavy (non-hydrogen) atoms. The third-order valence-corrected chi connectivity index (χ3v) is 9.47. The number of nitrogens with zero attached hydrogens (tertiary/aromatic N) is 6. The quantitative estimate of drug-likeness (QED) is 0.385. The van der Waals surface area contributed by atoms with Gasteiger partial charge < -0.3 is 30.7 Å². The Kier molecular flexibility index (Phi) is 8.65. The molecule has 1 aliphatic carbocycles. The van der Waals surface area contributed by atoms with Gasteiger partial charge in [0.1, 0.15) is 22.6 Å². The standard InChI is InChI=1S/C32H46N8O2/c1-4-26-32(35-22-6-5-7-24(41)19-22)37-29-25(20-34-31(33)30(29)36-26)21-8-9-27(28(18-21)42-3)40-12-10-23(11-13-40)39-16-14-38(2)15-17-39/h8-9,18,20,22-24,41H,4-7,10-17,19H2,1-3H3,(H2,33,34)(H,35,37)/t22-,24+/m0/s1. The van der Waals surface area contributed by atoms with E-state index in [-0.39, 0.29) is 12.1 Å². The lowest BCUT2D eigenvalue weighted by atomic mass is 9.93. The molecule has 10 heteroatoms. The Labute approximate surface area is 249 Å². The number of rotatable bonds is 7. The fourth-order valence-corrected chi connectivity index (χ4v) is 6.92. The first-order valence-corrected chi connectivity index (χ1v) is 15.7. The van der Waals surface area contributed by atoms with Crippen LogP contribution in [0.25, 0.3) is 22.2 Å². The first kappa shape index (κ1) is 28.9. The summed E-state index contributed by atoms with van der Waals surface area (Å²) in [6.07, 6.45) is 8.18. The zero-order valence-corrected chi connectivity index (χ0v) is 25.3. The van der Waals surface area contributed by atoms with Crippen LogP contribution in [0.1, 0.15) is 51.1 Å². The average Bonchev–Trinajstić information content (AvgIpc) is 3.01. The Morgan fingerprint density at radius 1 is 1.02 bits per heavy atom. The minimum Gasteiger partial charge on any atom is -0.495 e. The van der Waals surface area contributed by atoms with Crippen molar-refractivity contribution in [2.24, 2.45) is 0 Å². The number of nitrogen functional groups attached to an aromatic ring is 1. The predicted octanol–water partition coefficient (Wildman–Crippen LogP) is 3.78. The first-order chi connectivity index (χ1) is 20.4. The Morgan fingerprint density at radius 2 is 1.81 bits per heavy atom. The lowest BCUT2D eigenvalue weighted by Crippen LogP contribution is -2.52. The largest absolute Gasteiger partial charge is 0.495 e. The molecule has 2 aliphatic heterocycles. The molecule has 2 atom stereocenters. The highest BCUT2D eigenvalue weighted by Gasteiger charge is 2.28. The molecule has 0 unspecified atom stereocenters. The second-order valence-electron chi connectivity index (χ2n) is 12.2. The number of hydrogen-bond donors (Lipinski definition) is 3. The van der Waals surface area contributed by atoms with Gasteiger partial charge in [-0.1, -0.05) is 13.0 Å². The van der Waals surface area contributed by atoms with Crippen LogP contribution in [0.2, 0.25) is 0 Å². The van der Waals surface area contributed by atoms with E-state index < -0.39 is 0 Å². The van der Waals surface area contributed by atoms with E-state index in [4.69, 9.17) is 20.4 Å². The van der Waals surface area contributed by atoms with E-state index in [1.54, 1.807) is 13.3 Å². The van der Waals surface area contributed by atoms with Crippen LogP contribution < -0.4 is 20.7 Å². The highest BCUT2D eigenvalue weighted by atomic mass is 16.5. The maximum atomic E-state index is 10.2. The molecule has 0 spiro atoms. The number of nitrogens with one attached hydrogen (secondary N) is 1. The lowest BCUT2D eigenvalue weighted by Gasteiger charge is -2.42. The van der Waals surface area contributed by atoms with Crippen molar-refractivity contribution in [2.75, 3.05) is 69.4 Å². The zero-order valence-electron chi connectivity index (χ0n) is 25.3. The van der Waals surface area contributed by atoms with Crippen molar-refractivity contribution in [3.05, 3.63) is 30.1 Å². The Balaban J connectivity index is 1.26. The number of methoxy groups -OCH3 is 1. The van der Waals surface area contributed by atoms with E-state index in [0.29, 0.717) is 17.4 Å². The van der Waals surface area contributed by atoms with E-state index >= 15 is 0 Å². The highest BCUT2D eigenvalue weighted by Crippen LogP contribution is 2.38. The van der Waals surface area contributed by atoms with Gasteiger partial charge in [-0.2, -0.15) is 0 Å². The summed E-state index contributed by atoms with van der Waals surface area (Å²) >= 11 is 0. The number of pyridine rings is 1. The van der Waals surface area contributed by atoms with Crippen molar-refractivity contribution < 1.29 is 9.84 Å². The molecule has 1 saturated carbocycles.